The molecule has 3 rings (SSSR count). The molecule has 0 amide bonds. The zero-order chi connectivity index (χ0) is 14.3. The van der Waals surface area contributed by atoms with E-state index in [0.717, 1.165) is 28.9 Å². The molecule has 2 N–H and O–H groups in total. The van der Waals surface area contributed by atoms with Crippen molar-refractivity contribution in [2.45, 2.75) is 18.2 Å². The van der Waals surface area contributed by atoms with Crippen LogP contribution in [0.15, 0.2) is 22.7 Å². The highest BCUT2D eigenvalue weighted by molar-refractivity contribution is 9.10. The number of hydrogen-bond donors (Lipinski definition) is 1. The Morgan fingerprint density at radius 2 is 2.00 bits per heavy atom. The van der Waals surface area contributed by atoms with Crippen molar-refractivity contribution in [2.24, 2.45) is 5.73 Å². The first-order chi connectivity index (χ1) is 9.56. The summed E-state index contributed by atoms with van der Waals surface area (Å²) in [6, 6.07) is 3.74. The summed E-state index contributed by atoms with van der Waals surface area (Å²) in [5.74, 6) is 1.12. The lowest BCUT2D eigenvalue weighted by molar-refractivity contribution is 0.573. The molecule has 2 heterocycles. The Hall–Kier alpha value is -0.430. The van der Waals surface area contributed by atoms with E-state index in [1.54, 1.807) is 11.3 Å². The lowest BCUT2D eigenvalue weighted by Crippen LogP contribution is -2.12. The first-order valence-electron chi connectivity index (χ1n) is 6.15. The molecular weight excluding hydrogens is 364 g/mol. The summed E-state index contributed by atoms with van der Waals surface area (Å²) in [5, 5.41) is 0. The average molecular weight is 376 g/mol. The lowest BCUT2D eigenvalue weighted by atomic mass is 10.0. The second-order valence-corrected chi connectivity index (χ2v) is 7.79. The van der Waals surface area contributed by atoms with Crippen molar-refractivity contribution in [3.05, 3.63) is 55.2 Å². The van der Waals surface area contributed by atoms with E-state index in [4.69, 9.17) is 5.73 Å². The van der Waals surface area contributed by atoms with Crippen LogP contribution in [0.4, 0.5) is 8.78 Å². The maximum atomic E-state index is 14.0. The van der Waals surface area contributed by atoms with Crippen molar-refractivity contribution in [3.63, 3.8) is 0 Å². The molecule has 20 heavy (non-hydrogen) atoms. The van der Waals surface area contributed by atoms with Crippen LogP contribution in [-0.4, -0.2) is 5.75 Å². The van der Waals surface area contributed by atoms with Crippen molar-refractivity contribution in [1.82, 2.24) is 0 Å². The molecule has 0 saturated carbocycles. The average Bonchev–Trinajstić information content (AvgIpc) is 2.86. The Morgan fingerprint density at radius 3 is 2.75 bits per heavy atom. The van der Waals surface area contributed by atoms with Crippen LogP contribution in [0.25, 0.3) is 0 Å². The number of thioether (sulfide) groups is 1. The first kappa shape index (κ1) is 14.5. The van der Waals surface area contributed by atoms with Gasteiger partial charge in [0, 0.05) is 21.1 Å². The van der Waals surface area contributed by atoms with Crippen molar-refractivity contribution < 1.29 is 8.78 Å². The van der Waals surface area contributed by atoms with E-state index in [-0.39, 0.29) is 10.0 Å². The van der Waals surface area contributed by atoms with Gasteiger partial charge in [-0.1, -0.05) is 0 Å². The smallest absolute Gasteiger partial charge is 0.137 e. The normalized spacial score (nSPS) is 16.0. The molecule has 2 aromatic rings. The van der Waals surface area contributed by atoms with E-state index in [0.29, 0.717) is 0 Å². The lowest BCUT2D eigenvalue weighted by Gasteiger charge is -2.12. The second kappa shape index (κ2) is 5.75. The fourth-order valence-electron chi connectivity index (χ4n) is 2.25. The molecular formula is C14H12BrF2NS2. The van der Waals surface area contributed by atoms with Crippen molar-refractivity contribution in [2.75, 3.05) is 5.75 Å². The highest BCUT2D eigenvalue weighted by Crippen LogP contribution is 2.36. The predicted molar refractivity (Wildman–Crippen MR) is 84.3 cm³/mol. The van der Waals surface area contributed by atoms with Gasteiger partial charge in [0.1, 0.15) is 11.6 Å². The molecule has 1 aliphatic rings. The molecule has 0 bridgehead atoms. The van der Waals surface area contributed by atoms with Gasteiger partial charge in [-0.25, -0.2) is 8.78 Å². The number of fused-ring (bicyclic) bond motifs is 1. The van der Waals surface area contributed by atoms with Crippen LogP contribution < -0.4 is 5.73 Å². The highest BCUT2D eigenvalue weighted by atomic mass is 79.9. The van der Waals surface area contributed by atoms with Gasteiger partial charge in [0.05, 0.1) is 10.5 Å². The molecule has 1 atom stereocenters. The monoisotopic (exact) mass is 375 g/mol. The van der Waals surface area contributed by atoms with E-state index < -0.39 is 17.7 Å². The van der Waals surface area contributed by atoms with E-state index in [1.165, 1.54) is 16.5 Å². The standard InChI is InChI=1S/C14H12BrF2NS2/c15-9-5-10(16)8(4-11(9)17)14(18)13-3-7-6-19-2-1-12(7)20-13/h3-5,14H,1-2,6,18H2. The molecule has 0 fully saturated rings. The van der Waals surface area contributed by atoms with Crippen molar-refractivity contribution in [1.29, 1.82) is 0 Å². The van der Waals surface area contributed by atoms with Gasteiger partial charge in [0.2, 0.25) is 0 Å². The molecule has 0 saturated heterocycles. The summed E-state index contributed by atoms with van der Waals surface area (Å²) in [5.41, 5.74) is 7.62. The Morgan fingerprint density at radius 1 is 1.20 bits per heavy atom. The number of thiophene rings is 1. The molecule has 6 heteroatoms. The van der Waals surface area contributed by atoms with Gasteiger partial charge in [0.25, 0.3) is 0 Å². The van der Waals surface area contributed by atoms with Crippen LogP contribution in [0.5, 0.6) is 0 Å². The van der Waals surface area contributed by atoms with Gasteiger partial charge in [-0.15, -0.1) is 11.3 Å². The molecule has 1 nitrogen and oxygen atoms in total. The quantitative estimate of drug-likeness (QED) is 0.774. The number of nitrogens with two attached hydrogens (primary N) is 1. The van der Waals surface area contributed by atoms with Gasteiger partial charge in [-0.3, -0.25) is 0 Å². The highest BCUT2D eigenvalue weighted by Gasteiger charge is 2.21. The Balaban J connectivity index is 1.98. The van der Waals surface area contributed by atoms with Crippen molar-refractivity contribution in [3.8, 4) is 0 Å². The molecule has 1 aromatic carbocycles. The second-order valence-electron chi connectivity index (χ2n) is 4.67. The molecule has 1 aromatic heterocycles. The summed E-state index contributed by atoms with van der Waals surface area (Å²) in [6.45, 7) is 0. The van der Waals surface area contributed by atoms with Crippen LogP contribution in [-0.2, 0) is 12.2 Å². The van der Waals surface area contributed by atoms with E-state index >= 15 is 0 Å². The summed E-state index contributed by atoms with van der Waals surface area (Å²) >= 11 is 6.49. The molecule has 1 unspecified atom stereocenters. The van der Waals surface area contributed by atoms with Crippen LogP contribution >= 0.6 is 39.0 Å². The fraction of sp³-hybridized carbons (Fsp3) is 0.286. The fourth-order valence-corrected chi connectivity index (χ4v) is 4.97. The first-order valence-corrected chi connectivity index (χ1v) is 8.92. The third-order valence-corrected chi connectivity index (χ3v) is 6.26. The van der Waals surface area contributed by atoms with Gasteiger partial charge in [-0.2, -0.15) is 11.8 Å². The number of rotatable bonds is 2. The number of halogens is 3. The Bertz CT molecular complexity index is 633. The van der Waals surface area contributed by atoms with E-state index in [1.807, 2.05) is 17.8 Å². The Labute approximate surface area is 132 Å². The van der Waals surface area contributed by atoms with Gasteiger partial charge in [0.15, 0.2) is 0 Å². The minimum absolute atomic E-state index is 0.118. The molecule has 0 spiro atoms. The predicted octanol–water partition coefficient (Wildman–Crippen LogP) is 4.63. The maximum Gasteiger partial charge on any atom is 0.137 e. The van der Waals surface area contributed by atoms with Crippen LogP contribution in [0.1, 0.15) is 26.9 Å². The van der Waals surface area contributed by atoms with Crippen molar-refractivity contribution >= 4 is 39.0 Å². The summed E-state index contributed by atoms with van der Waals surface area (Å²) < 4.78 is 27.7. The van der Waals surface area contributed by atoms with E-state index in [9.17, 15) is 8.78 Å². The maximum absolute atomic E-state index is 14.0. The number of benzene rings is 1. The third-order valence-electron chi connectivity index (χ3n) is 3.33. The zero-order valence-corrected chi connectivity index (χ0v) is 13.7. The zero-order valence-electron chi connectivity index (χ0n) is 10.5. The molecule has 1 aliphatic heterocycles. The van der Waals surface area contributed by atoms with Crippen LogP contribution in [0.3, 0.4) is 0 Å². The van der Waals surface area contributed by atoms with Gasteiger partial charge < -0.3 is 5.73 Å². The third kappa shape index (κ3) is 2.66. The SMILES string of the molecule is NC(c1cc2c(s1)CCSC2)c1cc(F)c(Br)cc1F. The largest absolute Gasteiger partial charge is 0.320 e. The summed E-state index contributed by atoms with van der Waals surface area (Å²) in [7, 11) is 0. The molecule has 0 aliphatic carbocycles. The minimum atomic E-state index is -0.613. The van der Waals surface area contributed by atoms with Gasteiger partial charge in [-0.05, 0) is 51.9 Å². The molecule has 0 radical (unpaired) electrons. The van der Waals surface area contributed by atoms with Crippen LogP contribution in [0, 0.1) is 11.6 Å². The summed E-state index contributed by atoms with van der Waals surface area (Å²) in [4.78, 5) is 2.23. The number of aryl methyl sites for hydroxylation is 1. The Kier molecular flexibility index (Phi) is 4.17. The number of hydrogen-bond acceptors (Lipinski definition) is 3. The van der Waals surface area contributed by atoms with Crippen LogP contribution in [0.2, 0.25) is 0 Å². The topological polar surface area (TPSA) is 26.0 Å². The van der Waals surface area contributed by atoms with Gasteiger partial charge >= 0.3 is 0 Å². The minimum Gasteiger partial charge on any atom is -0.320 e. The molecule has 106 valence electrons. The summed E-state index contributed by atoms with van der Waals surface area (Å²) in [6.07, 6.45) is 1.04. The van der Waals surface area contributed by atoms with E-state index in [2.05, 4.69) is 15.9 Å².